The summed E-state index contributed by atoms with van der Waals surface area (Å²) < 4.78 is 11.9. The number of imidazole rings is 1. The summed E-state index contributed by atoms with van der Waals surface area (Å²) in [7, 11) is 1.41. The standard InChI is InChI=1S/C20H33N7O4/c1-3-4-13-31-19-23-17(21)16-18(24-19)27(20(29)22-16)8-6-5-7-25-9-11-26(12-10-25)14-15(28)30-2/h3-14H2,1-2H3,(H,22,29)(H2,21,23,24). The summed E-state index contributed by atoms with van der Waals surface area (Å²) in [4.78, 5) is 39.6. The molecular weight excluding hydrogens is 402 g/mol. The Labute approximate surface area is 181 Å². The second-order valence-corrected chi connectivity index (χ2v) is 7.77. The number of nitrogens with zero attached hydrogens (tertiary/aromatic N) is 5. The smallest absolute Gasteiger partial charge is 0.327 e. The Morgan fingerprint density at radius 3 is 2.52 bits per heavy atom. The highest BCUT2D eigenvalue weighted by Gasteiger charge is 2.19. The van der Waals surface area contributed by atoms with Gasteiger partial charge in [-0.3, -0.25) is 14.3 Å². The molecule has 3 heterocycles. The Morgan fingerprint density at radius 2 is 1.81 bits per heavy atom. The zero-order valence-corrected chi connectivity index (χ0v) is 18.4. The third kappa shape index (κ3) is 6.17. The minimum absolute atomic E-state index is 0.194. The third-order valence-electron chi connectivity index (χ3n) is 5.51. The van der Waals surface area contributed by atoms with Gasteiger partial charge in [0.1, 0.15) is 5.52 Å². The maximum absolute atomic E-state index is 12.4. The molecule has 0 radical (unpaired) electrons. The summed E-state index contributed by atoms with van der Waals surface area (Å²) in [5, 5.41) is 0. The molecule has 3 rings (SSSR count). The van der Waals surface area contributed by atoms with Crippen molar-refractivity contribution in [2.24, 2.45) is 0 Å². The number of methoxy groups -OCH3 is 1. The van der Waals surface area contributed by atoms with Crippen molar-refractivity contribution in [1.29, 1.82) is 0 Å². The number of fused-ring (bicyclic) bond motifs is 1. The van der Waals surface area contributed by atoms with Gasteiger partial charge >= 0.3 is 17.7 Å². The fourth-order valence-corrected chi connectivity index (χ4v) is 3.63. The zero-order valence-electron chi connectivity index (χ0n) is 18.4. The number of H-pyrrole nitrogens is 1. The van der Waals surface area contributed by atoms with E-state index >= 15 is 0 Å². The van der Waals surface area contributed by atoms with E-state index in [1.165, 1.54) is 7.11 Å². The molecule has 0 atom stereocenters. The van der Waals surface area contributed by atoms with Crippen molar-refractivity contribution in [2.45, 2.75) is 39.2 Å². The highest BCUT2D eigenvalue weighted by Crippen LogP contribution is 2.18. The van der Waals surface area contributed by atoms with Crippen LogP contribution >= 0.6 is 0 Å². The molecule has 0 bridgehead atoms. The Bertz CT molecular complexity index is 918. The molecule has 0 spiro atoms. The van der Waals surface area contributed by atoms with E-state index in [1.54, 1.807) is 4.57 Å². The first-order chi connectivity index (χ1) is 15.0. The van der Waals surface area contributed by atoms with Crippen LogP contribution in [-0.4, -0.2) is 88.3 Å². The number of aryl methyl sites for hydroxylation is 1. The molecule has 3 N–H and O–H groups in total. The van der Waals surface area contributed by atoms with Crippen LogP contribution in [0.2, 0.25) is 0 Å². The molecular formula is C20H33N7O4. The number of nitrogens with two attached hydrogens (primary N) is 1. The van der Waals surface area contributed by atoms with Crippen molar-refractivity contribution in [3.63, 3.8) is 0 Å². The normalized spacial score (nSPS) is 15.4. The Morgan fingerprint density at radius 1 is 1.10 bits per heavy atom. The number of anilines is 1. The van der Waals surface area contributed by atoms with Gasteiger partial charge in [-0.05, 0) is 25.8 Å². The Kier molecular flexibility index (Phi) is 8.24. The summed E-state index contributed by atoms with van der Waals surface area (Å²) >= 11 is 0. The van der Waals surface area contributed by atoms with Crippen LogP contribution < -0.4 is 16.2 Å². The molecule has 2 aromatic heterocycles. The van der Waals surface area contributed by atoms with Crippen LogP contribution in [0.5, 0.6) is 6.01 Å². The molecule has 0 aliphatic carbocycles. The fourth-order valence-electron chi connectivity index (χ4n) is 3.63. The number of rotatable bonds is 11. The minimum Gasteiger partial charge on any atom is -0.468 e. The SMILES string of the molecule is CCCCOc1nc(N)c2[nH]c(=O)n(CCCCN3CCN(CC(=O)OC)CC3)c2n1. The number of piperazine rings is 1. The monoisotopic (exact) mass is 435 g/mol. The van der Waals surface area contributed by atoms with Gasteiger partial charge in [0, 0.05) is 32.7 Å². The Balaban J connectivity index is 1.50. The van der Waals surface area contributed by atoms with Crippen LogP contribution in [0.1, 0.15) is 32.6 Å². The van der Waals surface area contributed by atoms with Crippen LogP contribution in [0.3, 0.4) is 0 Å². The van der Waals surface area contributed by atoms with Crippen LogP contribution in [0, 0.1) is 0 Å². The molecule has 1 saturated heterocycles. The lowest BCUT2D eigenvalue weighted by Crippen LogP contribution is -2.48. The number of nitrogen functional groups attached to an aromatic ring is 1. The number of nitrogens with one attached hydrogen (secondary N) is 1. The van der Waals surface area contributed by atoms with E-state index in [2.05, 4.69) is 31.7 Å². The molecule has 2 aromatic rings. The van der Waals surface area contributed by atoms with Crippen molar-refractivity contribution >= 4 is 23.0 Å². The molecule has 11 heteroatoms. The number of aromatic nitrogens is 4. The number of carbonyl (C=O) groups excluding carboxylic acids is 1. The van der Waals surface area contributed by atoms with Crippen LogP contribution in [-0.2, 0) is 16.1 Å². The molecule has 0 aromatic carbocycles. The molecule has 172 valence electrons. The van der Waals surface area contributed by atoms with E-state index in [9.17, 15) is 9.59 Å². The van der Waals surface area contributed by atoms with E-state index < -0.39 is 0 Å². The lowest BCUT2D eigenvalue weighted by Gasteiger charge is -2.33. The first-order valence-electron chi connectivity index (χ1n) is 10.9. The van der Waals surface area contributed by atoms with Gasteiger partial charge in [0.25, 0.3) is 0 Å². The van der Waals surface area contributed by atoms with Crippen molar-refractivity contribution < 1.29 is 14.3 Å². The van der Waals surface area contributed by atoms with E-state index in [0.29, 0.717) is 30.9 Å². The van der Waals surface area contributed by atoms with Gasteiger partial charge in [-0.1, -0.05) is 13.3 Å². The van der Waals surface area contributed by atoms with Crippen molar-refractivity contribution in [3.8, 4) is 6.01 Å². The maximum Gasteiger partial charge on any atom is 0.327 e. The average molecular weight is 436 g/mol. The highest BCUT2D eigenvalue weighted by atomic mass is 16.5. The van der Waals surface area contributed by atoms with Gasteiger partial charge < -0.3 is 25.1 Å². The van der Waals surface area contributed by atoms with Gasteiger partial charge in [-0.15, -0.1) is 0 Å². The summed E-state index contributed by atoms with van der Waals surface area (Å²) in [6, 6.07) is 0.205. The predicted octanol–water partition coefficient (Wildman–Crippen LogP) is 0.452. The topological polar surface area (TPSA) is 132 Å². The lowest BCUT2D eigenvalue weighted by atomic mass is 10.2. The lowest BCUT2D eigenvalue weighted by molar-refractivity contribution is -0.142. The molecule has 1 aliphatic heterocycles. The largest absolute Gasteiger partial charge is 0.468 e. The van der Waals surface area contributed by atoms with Crippen LogP contribution in [0.25, 0.3) is 11.2 Å². The number of ether oxygens (including phenoxy) is 2. The Hall–Kier alpha value is -2.66. The number of unbranched alkanes of at least 4 members (excludes halogenated alkanes) is 2. The van der Waals surface area contributed by atoms with Gasteiger partial charge in [-0.25, -0.2) is 4.79 Å². The molecule has 11 nitrogen and oxygen atoms in total. The van der Waals surface area contributed by atoms with E-state index in [-0.39, 0.29) is 23.5 Å². The summed E-state index contributed by atoms with van der Waals surface area (Å²) in [5.41, 5.74) is 6.69. The van der Waals surface area contributed by atoms with Crippen LogP contribution in [0.4, 0.5) is 5.82 Å². The quantitative estimate of drug-likeness (QED) is 0.381. The van der Waals surface area contributed by atoms with Crippen molar-refractivity contribution in [1.82, 2.24) is 29.3 Å². The molecule has 0 amide bonds. The van der Waals surface area contributed by atoms with E-state index in [1.807, 2.05) is 0 Å². The predicted molar refractivity (Wildman–Crippen MR) is 117 cm³/mol. The number of carbonyl (C=O) groups is 1. The second kappa shape index (κ2) is 11.1. The van der Waals surface area contributed by atoms with Gasteiger partial charge in [0.2, 0.25) is 0 Å². The third-order valence-corrected chi connectivity index (χ3v) is 5.51. The van der Waals surface area contributed by atoms with Gasteiger partial charge in [0.15, 0.2) is 11.5 Å². The first-order valence-corrected chi connectivity index (χ1v) is 10.9. The number of aromatic amines is 1. The molecule has 31 heavy (non-hydrogen) atoms. The highest BCUT2D eigenvalue weighted by molar-refractivity contribution is 5.81. The summed E-state index contributed by atoms with van der Waals surface area (Å²) in [6.07, 6.45) is 3.70. The average Bonchev–Trinajstić information content (AvgIpc) is 3.08. The maximum atomic E-state index is 12.4. The van der Waals surface area contributed by atoms with E-state index in [0.717, 1.165) is 58.4 Å². The number of esters is 1. The first kappa shape index (κ1) is 23.0. The van der Waals surface area contributed by atoms with Crippen molar-refractivity contribution in [2.75, 3.05) is 58.7 Å². The molecule has 0 unspecified atom stereocenters. The van der Waals surface area contributed by atoms with E-state index in [4.69, 9.17) is 15.2 Å². The van der Waals surface area contributed by atoms with Gasteiger partial charge in [-0.2, -0.15) is 9.97 Å². The summed E-state index contributed by atoms with van der Waals surface area (Å²) in [5.74, 6) is 0.0261. The minimum atomic E-state index is -0.238. The molecule has 1 fully saturated rings. The number of hydrogen-bond donors (Lipinski definition) is 2. The van der Waals surface area contributed by atoms with Crippen molar-refractivity contribution in [3.05, 3.63) is 10.5 Å². The number of hydrogen-bond acceptors (Lipinski definition) is 9. The zero-order chi connectivity index (χ0) is 22.2. The van der Waals surface area contributed by atoms with Gasteiger partial charge in [0.05, 0.1) is 20.3 Å². The van der Waals surface area contributed by atoms with Crippen LogP contribution in [0.15, 0.2) is 4.79 Å². The fraction of sp³-hybridized carbons (Fsp3) is 0.700. The molecule has 1 aliphatic rings. The summed E-state index contributed by atoms with van der Waals surface area (Å²) in [6.45, 7) is 8.00. The second-order valence-electron chi connectivity index (χ2n) is 7.77. The molecule has 0 saturated carbocycles.